The minimum Gasteiger partial charge on any atom is -0.390 e. The van der Waals surface area contributed by atoms with E-state index >= 15 is 35.1 Å². The van der Waals surface area contributed by atoms with E-state index < -0.39 is 163 Å². The van der Waals surface area contributed by atoms with E-state index in [2.05, 4.69) is 74.7 Å². The number of piperazine rings is 1. The van der Waals surface area contributed by atoms with Gasteiger partial charge in [0.05, 0.1) is 33.8 Å². The van der Waals surface area contributed by atoms with Crippen LogP contribution >= 0.6 is 36.3 Å². The third kappa shape index (κ3) is 20.8. The van der Waals surface area contributed by atoms with Gasteiger partial charge in [0.1, 0.15) is 36.3 Å². The maximum absolute atomic E-state index is 16.1. The summed E-state index contributed by atoms with van der Waals surface area (Å²) in [7, 11) is 0. The second-order valence-corrected chi connectivity index (χ2v) is 21.2. The van der Waals surface area contributed by atoms with E-state index in [1.807, 2.05) is 0 Å². The molecule has 2 aromatic carbocycles. The molecule has 4 heterocycles. The summed E-state index contributed by atoms with van der Waals surface area (Å²) in [5, 5.41) is 17.5. The molecule has 1 fully saturated rings. The van der Waals surface area contributed by atoms with E-state index in [0.717, 1.165) is 6.34 Å². The average molecular weight is 1290 g/mol. The second-order valence-electron chi connectivity index (χ2n) is 18.9. The van der Waals surface area contributed by atoms with Gasteiger partial charge >= 0.3 is 0 Å². The standard InChI is InChI=1S/C48H68F8N20O7S3/c49-30-28-29-32(51)36(55)39(37(56)33(29)52)86-19-26(75-84)45(83)73-23(7-3-11-67-47(60)61)43(81)71-22(6-2-10-66-46(58)59)42(80)70-21(5-1-9-65-20-57)41(79)72-24(8-4-12-68-48(62)63)44(82)74-25(18-85-38(34(30)53)35(54)31(28)50)40(78)69-17-27(77)76-15-13-64-14-16-76/h20-26,64,75,84H,1-19H2,(H2,57,65)(H,69,78)(H,70,80)(H,71,81)(H,72,79)(H,73,83)(H,74,82)(H4,58,59,66)(H4,60,61,67)(H4,62,63,68). The average Bonchev–Trinajstić information content (AvgIpc) is 0.837. The SMILES string of the molecule is NC=NCCCC1NC(=O)C(CCCN=C(N)N)NC(=O)C(CCCN=C(N)N)NC(=O)C(NS)CSc2c(F)c(F)c(c(F)c2F)-c2c(F)c(F)c(c(F)c2F)SCC(C(=O)NCC(=O)N2CCNCC2)NC(=O)C(CCCN=C(N)N)NC1=O. The molecule has 6 rings (SSSR count). The highest BCUT2D eigenvalue weighted by atomic mass is 32.2. The van der Waals surface area contributed by atoms with Crippen molar-refractivity contribution in [3.8, 4) is 11.1 Å². The number of aliphatic imine (C=N–C) groups is 4. The van der Waals surface area contributed by atoms with Gasteiger partial charge in [-0.2, -0.15) is 0 Å². The number of rotatable bonds is 20. The largest absolute Gasteiger partial charge is 0.390 e. The number of carbonyl (C=O) groups is 7. The Morgan fingerprint density at radius 1 is 0.547 bits per heavy atom. The van der Waals surface area contributed by atoms with Crippen LogP contribution in [0.15, 0.2) is 29.8 Å². The monoisotopic (exact) mass is 1280 g/mol. The van der Waals surface area contributed by atoms with Crippen LogP contribution in [-0.2, 0) is 33.6 Å². The number of hydrogen-bond donors (Lipinski definition) is 16. The molecule has 476 valence electrons. The zero-order valence-corrected chi connectivity index (χ0v) is 48.4. The van der Waals surface area contributed by atoms with Gasteiger partial charge in [0, 0.05) is 63.9 Å². The summed E-state index contributed by atoms with van der Waals surface area (Å²) in [6, 6.07) is -10.3. The van der Waals surface area contributed by atoms with Gasteiger partial charge in [-0.15, -0.1) is 23.5 Å². The topological polar surface area (TPSA) is 451 Å². The molecular weight excluding hydrogens is 1220 g/mol. The molecule has 2 aromatic rings. The van der Waals surface area contributed by atoms with Gasteiger partial charge in [0.2, 0.25) is 41.4 Å². The number of benzene rings is 2. The second kappa shape index (κ2) is 35.1. The first kappa shape index (κ1) is 70.9. The molecule has 6 atom stereocenters. The molecule has 4 aliphatic heterocycles. The molecule has 6 unspecified atom stereocenters. The maximum atomic E-state index is 16.1. The van der Waals surface area contributed by atoms with Crippen LogP contribution in [0.4, 0.5) is 35.1 Å². The number of nitrogens with zero attached hydrogens (tertiary/aromatic N) is 5. The highest BCUT2D eigenvalue weighted by molar-refractivity contribution is 7.99. The molecule has 4 aliphatic rings. The molecule has 38 heteroatoms. The number of hydrogen-bond acceptors (Lipinski definition) is 16. The third-order valence-corrected chi connectivity index (χ3v) is 15.3. The van der Waals surface area contributed by atoms with Crippen LogP contribution in [0.1, 0.15) is 51.4 Å². The summed E-state index contributed by atoms with van der Waals surface area (Å²) in [5.74, 6) is -30.1. The minimum absolute atomic E-state index is 0.00766. The predicted octanol–water partition coefficient (Wildman–Crippen LogP) is -2.63. The summed E-state index contributed by atoms with van der Waals surface area (Å²) in [6.45, 7) is 0.117. The first-order valence-electron chi connectivity index (χ1n) is 26.3. The Balaban J connectivity index is 1.94. The summed E-state index contributed by atoms with van der Waals surface area (Å²) in [6.07, 6.45) is -0.311. The van der Waals surface area contributed by atoms with Crippen molar-refractivity contribution in [1.29, 1.82) is 0 Å². The van der Waals surface area contributed by atoms with Crippen molar-refractivity contribution in [2.24, 2.45) is 60.1 Å². The van der Waals surface area contributed by atoms with Gasteiger partial charge in [0.15, 0.2) is 64.4 Å². The fourth-order valence-corrected chi connectivity index (χ4v) is 10.7. The van der Waals surface area contributed by atoms with Crippen molar-refractivity contribution in [3.63, 3.8) is 0 Å². The number of thioether (sulfide) groups is 2. The molecule has 4 bridgehead atoms. The van der Waals surface area contributed by atoms with Crippen molar-refractivity contribution < 1.29 is 68.7 Å². The van der Waals surface area contributed by atoms with Gasteiger partial charge in [0.25, 0.3) is 0 Å². The van der Waals surface area contributed by atoms with Crippen molar-refractivity contribution in [3.05, 3.63) is 46.5 Å². The molecule has 0 radical (unpaired) electrons. The number of guanidine groups is 3. The molecule has 22 N–H and O–H groups in total. The van der Waals surface area contributed by atoms with Gasteiger partial charge in [-0.3, -0.25) is 58.3 Å². The van der Waals surface area contributed by atoms with Gasteiger partial charge in [-0.1, -0.05) is 12.8 Å². The number of amides is 7. The first-order chi connectivity index (χ1) is 40.8. The van der Waals surface area contributed by atoms with E-state index in [1.165, 1.54) is 4.90 Å². The Bertz CT molecular complexity index is 2830. The predicted molar refractivity (Wildman–Crippen MR) is 308 cm³/mol. The lowest BCUT2D eigenvalue weighted by Gasteiger charge is -2.28. The fourth-order valence-electron chi connectivity index (χ4n) is 8.32. The van der Waals surface area contributed by atoms with Crippen molar-refractivity contribution in [1.82, 2.24) is 46.8 Å². The summed E-state index contributed by atoms with van der Waals surface area (Å²) >= 11 is 3.62. The Labute approximate surface area is 501 Å². The molecule has 0 saturated carbocycles. The normalized spacial score (nSPS) is 20.4. The van der Waals surface area contributed by atoms with Crippen LogP contribution in [0.2, 0.25) is 0 Å². The van der Waals surface area contributed by atoms with E-state index in [-0.39, 0.29) is 132 Å². The van der Waals surface area contributed by atoms with Crippen LogP contribution in [0.5, 0.6) is 0 Å². The Hall–Kier alpha value is -7.58. The van der Waals surface area contributed by atoms with Crippen molar-refractivity contribution >= 4 is 102 Å². The Kier molecular flexibility index (Phi) is 29.0. The number of carbonyl (C=O) groups excluding carboxylic acids is 7. The smallest absolute Gasteiger partial charge is 0.243 e. The lowest BCUT2D eigenvalue weighted by molar-refractivity contribution is -0.136. The van der Waals surface area contributed by atoms with Gasteiger partial charge < -0.3 is 82.3 Å². The minimum atomic E-state index is -2.58. The maximum Gasteiger partial charge on any atom is 0.243 e. The zero-order chi connectivity index (χ0) is 63.8. The van der Waals surface area contributed by atoms with E-state index in [9.17, 15) is 33.6 Å². The first-order valence-corrected chi connectivity index (χ1v) is 28.8. The number of halogens is 8. The third-order valence-electron chi connectivity index (χ3n) is 12.7. The molecule has 0 aliphatic carbocycles. The molecule has 86 heavy (non-hydrogen) atoms. The zero-order valence-electron chi connectivity index (χ0n) is 45.9. The van der Waals surface area contributed by atoms with Crippen molar-refractivity contribution in [2.75, 3.05) is 70.4 Å². The van der Waals surface area contributed by atoms with Gasteiger partial charge in [-0.25, -0.2) is 35.1 Å². The van der Waals surface area contributed by atoms with Crippen LogP contribution < -0.4 is 82.1 Å². The highest BCUT2D eigenvalue weighted by Gasteiger charge is 2.38. The lowest BCUT2D eigenvalue weighted by Crippen LogP contribution is -2.60. The summed E-state index contributed by atoms with van der Waals surface area (Å²) < 4.78 is 130. The summed E-state index contributed by atoms with van der Waals surface area (Å²) in [5.41, 5.74) is 33.8. The van der Waals surface area contributed by atoms with Crippen LogP contribution in [-0.4, -0.2) is 177 Å². The Morgan fingerprint density at radius 3 is 1.28 bits per heavy atom. The number of nitrogens with two attached hydrogens (primary N) is 7. The Morgan fingerprint density at radius 2 is 0.907 bits per heavy atom. The van der Waals surface area contributed by atoms with E-state index in [1.54, 1.807) is 0 Å². The molecule has 7 amide bonds. The molecule has 27 nitrogen and oxygen atoms in total. The van der Waals surface area contributed by atoms with Gasteiger partial charge in [-0.05, 0) is 51.4 Å². The van der Waals surface area contributed by atoms with E-state index in [4.69, 9.17) is 40.1 Å². The number of nitrogens with one attached hydrogen (secondary N) is 8. The molecule has 0 spiro atoms. The molecule has 0 aromatic heterocycles. The van der Waals surface area contributed by atoms with Crippen LogP contribution in [0.3, 0.4) is 0 Å². The fraction of sp³-hybridized carbons (Fsp3) is 0.521. The lowest BCUT2D eigenvalue weighted by atomic mass is 10.0. The van der Waals surface area contributed by atoms with Crippen molar-refractivity contribution in [2.45, 2.75) is 97.4 Å². The van der Waals surface area contributed by atoms with Crippen LogP contribution in [0, 0.1) is 46.5 Å². The molecule has 1 saturated heterocycles. The number of thiol groups is 1. The molecular formula is C48H68F8N20O7S3. The highest BCUT2D eigenvalue weighted by Crippen LogP contribution is 2.42. The summed E-state index contributed by atoms with van der Waals surface area (Å²) in [4.78, 5) is 112. The quantitative estimate of drug-likeness (QED) is 0.0161. The van der Waals surface area contributed by atoms with Crippen LogP contribution in [0.25, 0.3) is 11.1 Å². The number of fused-ring (bicyclic) bond motifs is 2. The van der Waals surface area contributed by atoms with E-state index in [0.29, 0.717) is 13.1 Å².